The number of hydrogen-bond acceptors (Lipinski definition) is 4. The van der Waals surface area contributed by atoms with Gasteiger partial charge in [-0.15, -0.1) is 5.10 Å². The number of phenolic OH excluding ortho intramolecular Hbond substituents is 1. The van der Waals surface area contributed by atoms with Crippen LogP contribution in [0.5, 0.6) is 5.75 Å². The average Bonchev–Trinajstić information content (AvgIpc) is 2.88. The number of anilines is 1. The third kappa shape index (κ3) is 2.28. The number of carbonyl (C=O) groups is 1. The zero-order valence-corrected chi connectivity index (χ0v) is 12.6. The van der Waals surface area contributed by atoms with Crippen LogP contribution in [0.15, 0.2) is 30.3 Å². The summed E-state index contributed by atoms with van der Waals surface area (Å²) >= 11 is 0. The second kappa shape index (κ2) is 5.14. The Morgan fingerprint density at radius 2 is 2.00 bits per heavy atom. The molecule has 0 saturated heterocycles. The zero-order valence-electron chi connectivity index (χ0n) is 12.6. The van der Waals surface area contributed by atoms with E-state index in [1.807, 2.05) is 13.0 Å². The number of nitrogens with zero attached hydrogens (tertiary/aromatic N) is 3. The van der Waals surface area contributed by atoms with Crippen LogP contribution in [0.4, 0.5) is 5.69 Å². The van der Waals surface area contributed by atoms with Gasteiger partial charge in [-0.25, -0.2) is 4.68 Å². The molecule has 112 valence electrons. The van der Waals surface area contributed by atoms with Crippen LogP contribution in [0.1, 0.15) is 21.5 Å². The second-order valence-electron chi connectivity index (χ2n) is 5.27. The lowest BCUT2D eigenvalue weighted by Crippen LogP contribution is -2.12. The van der Waals surface area contributed by atoms with E-state index in [4.69, 9.17) is 0 Å². The summed E-state index contributed by atoms with van der Waals surface area (Å²) in [5, 5.41) is 20.7. The van der Waals surface area contributed by atoms with Crippen molar-refractivity contribution in [3.8, 4) is 5.75 Å². The predicted molar refractivity (Wildman–Crippen MR) is 84.0 cm³/mol. The molecule has 1 amide bonds. The largest absolute Gasteiger partial charge is 0.507 e. The molecule has 22 heavy (non-hydrogen) atoms. The first-order valence-corrected chi connectivity index (χ1v) is 6.87. The number of aromatic nitrogens is 3. The Kier molecular flexibility index (Phi) is 3.29. The van der Waals surface area contributed by atoms with Crippen LogP contribution in [-0.2, 0) is 7.05 Å². The van der Waals surface area contributed by atoms with Crippen LogP contribution in [0.25, 0.3) is 11.0 Å². The summed E-state index contributed by atoms with van der Waals surface area (Å²) in [6.45, 7) is 3.58. The van der Waals surface area contributed by atoms with Crippen LogP contribution in [-0.4, -0.2) is 26.0 Å². The van der Waals surface area contributed by atoms with Gasteiger partial charge >= 0.3 is 0 Å². The fourth-order valence-electron chi connectivity index (χ4n) is 2.35. The van der Waals surface area contributed by atoms with Crippen LogP contribution >= 0.6 is 0 Å². The minimum absolute atomic E-state index is 0.196. The number of nitrogens with one attached hydrogen (secondary N) is 1. The van der Waals surface area contributed by atoms with E-state index < -0.39 is 0 Å². The van der Waals surface area contributed by atoms with Crippen LogP contribution in [0.2, 0.25) is 0 Å². The van der Waals surface area contributed by atoms with Crippen molar-refractivity contribution in [2.24, 2.45) is 7.05 Å². The van der Waals surface area contributed by atoms with Crippen molar-refractivity contribution < 1.29 is 9.90 Å². The van der Waals surface area contributed by atoms with E-state index in [0.29, 0.717) is 22.3 Å². The van der Waals surface area contributed by atoms with Gasteiger partial charge in [0.2, 0.25) is 0 Å². The quantitative estimate of drug-likeness (QED) is 0.761. The number of phenols is 1. The lowest BCUT2D eigenvalue weighted by atomic mass is 10.1. The first-order chi connectivity index (χ1) is 10.5. The molecule has 6 heteroatoms. The number of hydrogen-bond donors (Lipinski definition) is 2. The highest BCUT2D eigenvalue weighted by atomic mass is 16.3. The van der Waals surface area contributed by atoms with E-state index in [1.165, 1.54) is 0 Å². The summed E-state index contributed by atoms with van der Waals surface area (Å²) in [4.78, 5) is 12.4. The molecule has 0 radical (unpaired) electrons. The monoisotopic (exact) mass is 296 g/mol. The normalized spacial score (nSPS) is 10.9. The number of amides is 1. The Labute approximate surface area is 127 Å². The van der Waals surface area contributed by atoms with E-state index in [1.54, 1.807) is 42.9 Å². The standard InChI is InChI=1S/C16H16N4O2/c1-9-4-6-12(10(2)15(9)21)17-16(22)11-5-7-14-13(8-11)18-19-20(14)3/h4-8,21H,1-3H3,(H,17,22). The van der Waals surface area contributed by atoms with E-state index in [-0.39, 0.29) is 11.7 Å². The number of benzene rings is 2. The number of aromatic hydroxyl groups is 1. The molecule has 1 heterocycles. The van der Waals surface area contributed by atoms with Gasteiger partial charge in [0.15, 0.2) is 0 Å². The first-order valence-electron chi connectivity index (χ1n) is 6.87. The molecule has 2 aromatic carbocycles. The Morgan fingerprint density at radius 1 is 1.23 bits per heavy atom. The molecule has 3 aromatic rings. The number of aryl methyl sites for hydroxylation is 2. The van der Waals surface area contributed by atoms with Crippen molar-refractivity contribution >= 4 is 22.6 Å². The number of carbonyl (C=O) groups excluding carboxylic acids is 1. The smallest absolute Gasteiger partial charge is 0.255 e. The van der Waals surface area contributed by atoms with Crippen molar-refractivity contribution in [3.63, 3.8) is 0 Å². The molecule has 0 fully saturated rings. The molecule has 0 aliphatic rings. The van der Waals surface area contributed by atoms with Gasteiger partial charge in [-0.05, 0) is 43.7 Å². The molecular weight excluding hydrogens is 280 g/mol. The Hall–Kier alpha value is -2.89. The first kappa shape index (κ1) is 14.1. The van der Waals surface area contributed by atoms with Gasteiger partial charge in [-0.3, -0.25) is 4.79 Å². The summed E-state index contributed by atoms with van der Waals surface area (Å²) in [5.41, 5.74) is 4.03. The predicted octanol–water partition coefficient (Wildman–Crippen LogP) is 2.54. The van der Waals surface area contributed by atoms with Crippen LogP contribution in [0.3, 0.4) is 0 Å². The Balaban J connectivity index is 1.91. The van der Waals surface area contributed by atoms with Gasteiger partial charge in [-0.2, -0.15) is 0 Å². The van der Waals surface area contributed by atoms with Gasteiger partial charge in [0.1, 0.15) is 11.3 Å². The molecular formula is C16H16N4O2. The average molecular weight is 296 g/mol. The molecule has 0 spiro atoms. The van der Waals surface area contributed by atoms with Gasteiger partial charge in [0.05, 0.1) is 5.52 Å². The fraction of sp³-hybridized carbons (Fsp3) is 0.188. The van der Waals surface area contributed by atoms with Crippen molar-refractivity contribution in [2.45, 2.75) is 13.8 Å². The maximum Gasteiger partial charge on any atom is 0.255 e. The van der Waals surface area contributed by atoms with Crippen molar-refractivity contribution in [1.82, 2.24) is 15.0 Å². The molecule has 2 N–H and O–H groups in total. The topological polar surface area (TPSA) is 80.0 Å². The SMILES string of the molecule is Cc1ccc(NC(=O)c2ccc3c(c2)nnn3C)c(C)c1O. The van der Waals surface area contributed by atoms with Crippen LogP contribution in [0, 0.1) is 13.8 Å². The highest BCUT2D eigenvalue weighted by Gasteiger charge is 2.12. The number of rotatable bonds is 2. The summed E-state index contributed by atoms with van der Waals surface area (Å²) in [6, 6.07) is 8.78. The summed E-state index contributed by atoms with van der Waals surface area (Å²) in [7, 11) is 1.80. The Bertz CT molecular complexity index is 883. The van der Waals surface area contributed by atoms with Crippen molar-refractivity contribution in [3.05, 3.63) is 47.0 Å². The molecule has 0 aliphatic carbocycles. The molecule has 0 unspecified atom stereocenters. The third-order valence-electron chi connectivity index (χ3n) is 3.75. The zero-order chi connectivity index (χ0) is 15.9. The maximum atomic E-state index is 12.4. The number of fused-ring (bicyclic) bond motifs is 1. The molecule has 0 saturated carbocycles. The molecule has 1 aromatic heterocycles. The van der Waals surface area contributed by atoms with Gasteiger partial charge in [0, 0.05) is 23.9 Å². The second-order valence-corrected chi connectivity index (χ2v) is 5.27. The summed E-state index contributed by atoms with van der Waals surface area (Å²) in [6.07, 6.45) is 0. The van der Waals surface area contributed by atoms with E-state index >= 15 is 0 Å². The third-order valence-corrected chi connectivity index (χ3v) is 3.75. The van der Waals surface area contributed by atoms with Crippen LogP contribution < -0.4 is 5.32 Å². The highest BCUT2D eigenvalue weighted by molar-refractivity contribution is 6.06. The van der Waals surface area contributed by atoms with E-state index in [2.05, 4.69) is 15.6 Å². The van der Waals surface area contributed by atoms with E-state index in [0.717, 1.165) is 11.1 Å². The molecule has 0 bridgehead atoms. The van der Waals surface area contributed by atoms with Crippen molar-refractivity contribution in [1.29, 1.82) is 0 Å². The lowest BCUT2D eigenvalue weighted by Gasteiger charge is -2.11. The molecule has 0 atom stereocenters. The molecule has 0 aliphatic heterocycles. The minimum atomic E-state index is -0.251. The Morgan fingerprint density at radius 3 is 2.77 bits per heavy atom. The summed E-state index contributed by atoms with van der Waals surface area (Å²) in [5.74, 6) is -0.0546. The van der Waals surface area contributed by atoms with Gasteiger partial charge in [-0.1, -0.05) is 11.3 Å². The molecule has 3 rings (SSSR count). The van der Waals surface area contributed by atoms with Gasteiger partial charge < -0.3 is 10.4 Å². The fourth-order valence-corrected chi connectivity index (χ4v) is 2.35. The molecule has 6 nitrogen and oxygen atoms in total. The van der Waals surface area contributed by atoms with Crippen molar-refractivity contribution in [2.75, 3.05) is 5.32 Å². The maximum absolute atomic E-state index is 12.4. The highest BCUT2D eigenvalue weighted by Crippen LogP contribution is 2.28. The summed E-state index contributed by atoms with van der Waals surface area (Å²) < 4.78 is 1.65. The minimum Gasteiger partial charge on any atom is -0.507 e. The van der Waals surface area contributed by atoms with Gasteiger partial charge in [0.25, 0.3) is 5.91 Å². The van der Waals surface area contributed by atoms with E-state index in [9.17, 15) is 9.90 Å². The lowest BCUT2D eigenvalue weighted by molar-refractivity contribution is 0.102.